The Morgan fingerprint density at radius 3 is 2.43 bits per heavy atom. The fourth-order valence-corrected chi connectivity index (χ4v) is 1.86. The average Bonchev–Trinajstić information content (AvgIpc) is 2.17. The van der Waals surface area contributed by atoms with E-state index in [-0.39, 0.29) is 0 Å². The highest BCUT2D eigenvalue weighted by Crippen LogP contribution is 2.09. The fraction of sp³-hybridized carbons (Fsp3) is 1.00. The van der Waals surface area contributed by atoms with Gasteiger partial charge in [-0.15, -0.1) is 0 Å². The number of nitrogens with two attached hydrogens (primary N) is 1. The highest BCUT2D eigenvalue weighted by atomic mass is 15.1. The van der Waals surface area contributed by atoms with Crippen LogP contribution in [0.25, 0.3) is 0 Å². The maximum Gasteiger partial charge on any atom is 0.000690 e. The zero-order valence-corrected chi connectivity index (χ0v) is 10.3. The zero-order chi connectivity index (χ0) is 10.8. The van der Waals surface area contributed by atoms with Crippen LogP contribution < -0.4 is 5.73 Å². The van der Waals surface area contributed by atoms with Crippen molar-refractivity contribution in [3.63, 3.8) is 0 Å². The lowest BCUT2D eigenvalue weighted by Gasteiger charge is -2.23. The quantitative estimate of drug-likeness (QED) is 0.579. The Labute approximate surface area is 89.9 Å². The van der Waals surface area contributed by atoms with E-state index in [1.165, 1.54) is 45.3 Å². The summed E-state index contributed by atoms with van der Waals surface area (Å²) in [7, 11) is 0. The Morgan fingerprint density at radius 1 is 1.21 bits per heavy atom. The van der Waals surface area contributed by atoms with Crippen molar-refractivity contribution < 1.29 is 0 Å². The maximum atomic E-state index is 5.48. The fourth-order valence-electron chi connectivity index (χ4n) is 1.86. The molecule has 0 bridgehead atoms. The molecular weight excluding hydrogens is 172 g/mol. The average molecular weight is 200 g/mol. The topological polar surface area (TPSA) is 29.3 Å². The van der Waals surface area contributed by atoms with Crippen LogP contribution in [0.5, 0.6) is 0 Å². The van der Waals surface area contributed by atoms with Gasteiger partial charge in [0.1, 0.15) is 0 Å². The van der Waals surface area contributed by atoms with Gasteiger partial charge in [0, 0.05) is 6.54 Å². The number of rotatable bonds is 9. The SMILES string of the molecule is CCCN(CC)CC(C)CCCCN. The molecule has 0 heterocycles. The molecule has 0 aromatic carbocycles. The van der Waals surface area contributed by atoms with E-state index in [1.54, 1.807) is 0 Å². The third-order valence-electron chi connectivity index (χ3n) is 2.71. The van der Waals surface area contributed by atoms with Crippen LogP contribution in [-0.4, -0.2) is 31.1 Å². The third kappa shape index (κ3) is 7.34. The van der Waals surface area contributed by atoms with Gasteiger partial charge in [0.05, 0.1) is 0 Å². The van der Waals surface area contributed by atoms with Gasteiger partial charge in [0.2, 0.25) is 0 Å². The Bertz CT molecular complexity index is 115. The molecule has 0 aromatic heterocycles. The molecule has 14 heavy (non-hydrogen) atoms. The second kappa shape index (κ2) is 9.47. The summed E-state index contributed by atoms with van der Waals surface area (Å²) in [4.78, 5) is 2.55. The second-order valence-corrected chi connectivity index (χ2v) is 4.28. The standard InChI is InChI=1S/C12H28N2/c1-4-10-14(5-2)11-12(3)8-6-7-9-13/h12H,4-11,13H2,1-3H3. The van der Waals surface area contributed by atoms with Crippen molar-refractivity contribution in [1.29, 1.82) is 0 Å². The van der Waals surface area contributed by atoms with Crippen molar-refractivity contribution in [2.24, 2.45) is 11.7 Å². The Kier molecular flexibility index (Phi) is 9.42. The van der Waals surface area contributed by atoms with Crippen molar-refractivity contribution in [2.75, 3.05) is 26.2 Å². The van der Waals surface area contributed by atoms with Crippen molar-refractivity contribution >= 4 is 0 Å². The van der Waals surface area contributed by atoms with Crippen LogP contribution >= 0.6 is 0 Å². The molecule has 0 saturated heterocycles. The van der Waals surface area contributed by atoms with Crippen LogP contribution in [0.15, 0.2) is 0 Å². The summed E-state index contributed by atoms with van der Waals surface area (Å²) < 4.78 is 0. The number of hydrogen-bond acceptors (Lipinski definition) is 2. The smallest absolute Gasteiger partial charge is 0.000690 e. The van der Waals surface area contributed by atoms with E-state index in [1.807, 2.05) is 0 Å². The van der Waals surface area contributed by atoms with Gasteiger partial charge in [0.25, 0.3) is 0 Å². The molecule has 86 valence electrons. The van der Waals surface area contributed by atoms with Gasteiger partial charge in [-0.05, 0) is 44.8 Å². The van der Waals surface area contributed by atoms with E-state index in [9.17, 15) is 0 Å². The number of nitrogens with zero attached hydrogens (tertiary/aromatic N) is 1. The van der Waals surface area contributed by atoms with Crippen molar-refractivity contribution in [3.8, 4) is 0 Å². The molecule has 0 spiro atoms. The zero-order valence-electron chi connectivity index (χ0n) is 10.3. The number of hydrogen-bond donors (Lipinski definition) is 1. The highest BCUT2D eigenvalue weighted by molar-refractivity contribution is 4.61. The molecule has 2 N–H and O–H groups in total. The minimum Gasteiger partial charge on any atom is -0.330 e. The first kappa shape index (κ1) is 13.9. The van der Waals surface area contributed by atoms with Crippen LogP contribution in [-0.2, 0) is 0 Å². The van der Waals surface area contributed by atoms with Gasteiger partial charge >= 0.3 is 0 Å². The van der Waals surface area contributed by atoms with Gasteiger partial charge in [-0.3, -0.25) is 0 Å². The van der Waals surface area contributed by atoms with E-state index in [2.05, 4.69) is 25.7 Å². The first-order valence-corrected chi connectivity index (χ1v) is 6.16. The van der Waals surface area contributed by atoms with Gasteiger partial charge in [-0.1, -0.05) is 27.2 Å². The molecule has 0 saturated carbocycles. The molecule has 0 aromatic rings. The largest absolute Gasteiger partial charge is 0.330 e. The minimum atomic E-state index is 0.827. The molecule has 0 amide bonds. The Balaban J connectivity index is 3.51. The van der Waals surface area contributed by atoms with Gasteiger partial charge < -0.3 is 10.6 Å². The van der Waals surface area contributed by atoms with Crippen LogP contribution in [0.4, 0.5) is 0 Å². The first-order chi connectivity index (χ1) is 6.74. The van der Waals surface area contributed by atoms with E-state index < -0.39 is 0 Å². The monoisotopic (exact) mass is 200 g/mol. The number of unbranched alkanes of at least 4 members (excludes halogenated alkanes) is 1. The Hall–Kier alpha value is -0.0800. The summed E-state index contributed by atoms with van der Waals surface area (Å²) in [6.45, 7) is 11.4. The first-order valence-electron chi connectivity index (χ1n) is 6.16. The van der Waals surface area contributed by atoms with E-state index >= 15 is 0 Å². The van der Waals surface area contributed by atoms with E-state index in [4.69, 9.17) is 5.73 Å². The summed E-state index contributed by atoms with van der Waals surface area (Å²) in [5.41, 5.74) is 5.48. The molecule has 1 unspecified atom stereocenters. The normalized spacial score (nSPS) is 13.5. The molecule has 0 aliphatic carbocycles. The predicted molar refractivity (Wildman–Crippen MR) is 64.5 cm³/mol. The van der Waals surface area contributed by atoms with E-state index in [0.717, 1.165) is 12.5 Å². The maximum absolute atomic E-state index is 5.48. The van der Waals surface area contributed by atoms with Gasteiger partial charge in [-0.25, -0.2) is 0 Å². The molecule has 1 atom stereocenters. The third-order valence-corrected chi connectivity index (χ3v) is 2.71. The van der Waals surface area contributed by atoms with Gasteiger partial charge in [0.15, 0.2) is 0 Å². The predicted octanol–water partition coefficient (Wildman–Crippen LogP) is 2.48. The summed E-state index contributed by atoms with van der Waals surface area (Å²) in [5.74, 6) is 0.827. The van der Waals surface area contributed by atoms with Crippen LogP contribution in [0.2, 0.25) is 0 Å². The second-order valence-electron chi connectivity index (χ2n) is 4.28. The molecule has 0 rings (SSSR count). The summed E-state index contributed by atoms with van der Waals surface area (Å²) in [5, 5.41) is 0. The van der Waals surface area contributed by atoms with Crippen molar-refractivity contribution in [1.82, 2.24) is 4.90 Å². The molecule has 2 heteroatoms. The lowest BCUT2D eigenvalue weighted by atomic mass is 10.0. The molecule has 0 radical (unpaired) electrons. The summed E-state index contributed by atoms with van der Waals surface area (Å²) in [6, 6.07) is 0. The van der Waals surface area contributed by atoms with Crippen LogP contribution in [0.3, 0.4) is 0 Å². The van der Waals surface area contributed by atoms with Gasteiger partial charge in [-0.2, -0.15) is 0 Å². The highest BCUT2D eigenvalue weighted by Gasteiger charge is 2.07. The molecule has 0 aliphatic rings. The minimum absolute atomic E-state index is 0.827. The molecular formula is C12H28N2. The molecule has 0 fully saturated rings. The van der Waals surface area contributed by atoms with Crippen molar-refractivity contribution in [3.05, 3.63) is 0 Å². The summed E-state index contributed by atoms with van der Waals surface area (Å²) in [6.07, 6.45) is 5.08. The molecule has 2 nitrogen and oxygen atoms in total. The summed E-state index contributed by atoms with van der Waals surface area (Å²) >= 11 is 0. The Morgan fingerprint density at radius 2 is 1.93 bits per heavy atom. The van der Waals surface area contributed by atoms with Crippen molar-refractivity contribution in [2.45, 2.75) is 46.5 Å². The lowest BCUT2D eigenvalue weighted by molar-refractivity contribution is 0.241. The van der Waals surface area contributed by atoms with Crippen LogP contribution in [0.1, 0.15) is 46.5 Å². The molecule has 0 aliphatic heterocycles. The van der Waals surface area contributed by atoms with Crippen LogP contribution in [0, 0.1) is 5.92 Å². The lowest BCUT2D eigenvalue weighted by Crippen LogP contribution is -2.29. The van der Waals surface area contributed by atoms with E-state index in [0.29, 0.717) is 0 Å².